The molecule has 0 aromatic heterocycles. The fourth-order valence-electron chi connectivity index (χ4n) is 4.40. The molecule has 2 aromatic rings. The first-order chi connectivity index (χ1) is 19.1. The average molecular weight is 630 g/mol. The van der Waals surface area contributed by atoms with Gasteiger partial charge in [-0.3, -0.25) is 0 Å². The van der Waals surface area contributed by atoms with E-state index in [-0.39, 0.29) is 12.2 Å². The largest absolute Gasteiger partial charge is 0.466 e. The zero-order valence-corrected chi connectivity index (χ0v) is 26.7. The molecule has 0 saturated heterocycles. The number of methoxy groups -OCH3 is 1. The third-order valence-electron chi connectivity index (χ3n) is 6.34. The maximum Gasteiger partial charge on any atom is 0.410 e. The van der Waals surface area contributed by atoms with Gasteiger partial charge in [-0.2, -0.15) is 0 Å². The SMILES string of the molecule is CC(C)(C)OC(=O)N1CCc2ccc(Br)cc2C1.COC(=O)/C=C/c1ccc2c(c1)CN(C(=O)OC(C)(C)C)CC2. The summed E-state index contributed by atoms with van der Waals surface area (Å²) < 4.78 is 16.5. The standard InChI is InChI=1S/C18H23NO4.C14H18BrNO2/c1-18(2,3)23-17(21)19-10-9-14-7-5-13(11-15(14)12-19)6-8-16(20)22-4;1-14(2,3)18-13(17)16-7-6-10-4-5-12(15)8-11(10)9-16/h5-8,11H,9-10,12H2,1-4H3;4-5,8H,6-7,9H2,1-3H3/b8-6+;. The second kappa shape index (κ2) is 13.6. The van der Waals surface area contributed by atoms with Gasteiger partial charge < -0.3 is 24.0 Å². The molecule has 2 aliphatic heterocycles. The monoisotopic (exact) mass is 628 g/mol. The minimum atomic E-state index is -0.498. The lowest BCUT2D eigenvalue weighted by molar-refractivity contribution is -0.134. The molecule has 2 aliphatic rings. The van der Waals surface area contributed by atoms with Gasteiger partial charge in [-0.25, -0.2) is 14.4 Å². The number of hydrogen-bond acceptors (Lipinski definition) is 6. The average Bonchev–Trinajstić information content (AvgIpc) is 2.89. The molecule has 2 heterocycles. The maximum absolute atomic E-state index is 12.2. The molecule has 0 atom stereocenters. The van der Waals surface area contributed by atoms with Crippen LogP contribution in [0.4, 0.5) is 9.59 Å². The number of ether oxygens (including phenoxy) is 3. The molecule has 0 spiro atoms. The van der Waals surface area contributed by atoms with Crippen molar-refractivity contribution < 1.29 is 28.6 Å². The van der Waals surface area contributed by atoms with Crippen LogP contribution in [0.3, 0.4) is 0 Å². The zero-order valence-electron chi connectivity index (χ0n) is 25.1. The van der Waals surface area contributed by atoms with Crippen LogP contribution in [-0.4, -0.2) is 59.4 Å². The Morgan fingerprint density at radius 1 is 0.756 bits per heavy atom. The molecule has 0 unspecified atom stereocenters. The summed E-state index contributed by atoms with van der Waals surface area (Å²) in [4.78, 5) is 38.8. The molecule has 4 rings (SSSR count). The van der Waals surface area contributed by atoms with E-state index < -0.39 is 17.2 Å². The smallest absolute Gasteiger partial charge is 0.410 e. The van der Waals surface area contributed by atoms with Crippen molar-refractivity contribution in [1.82, 2.24) is 9.80 Å². The molecule has 0 aliphatic carbocycles. The fourth-order valence-corrected chi connectivity index (χ4v) is 4.81. The van der Waals surface area contributed by atoms with Gasteiger partial charge in [0.25, 0.3) is 0 Å². The maximum atomic E-state index is 12.2. The molecule has 0 bridgehead atoms. The van der Waals surface area contributed by atoms with E-state index in [2.05, 4.69) is 32.8 Å². The first kappa shape index (κ1) is 32.2. The van der Waals surface area contributed by atoms with Crippen molar-refractivity contribution in [3.63, 3.8) is 0 Å². The Balaban J connectivity index is 0.000000232. The second-order valence-corrected chi connectivity index (χ2v) is 13.0. The quantitative estimate of drug-likeness (QED) is 0.204. The van der Waals surface area contributed by atoms with E-state index in [0.29, 0.717) is 19.6 Å². The van der Waals surface area contributed by atoms with Crippen LogP contribution in [-0.2, 0) is 44.9 Å². The van der Waals surface area contributed by atoms with E-state index in [1.165, 1.54) is 29.9 Å². The van der Waals surface area contributed by atoms with Crippen molar-refractivity contribution >= 4 is 40.2 Å². The van der Waals surface area contributed by atoms with Crippen LogP contribution in [0.25, 0.3) is 6.08 Å². The van der Waals surface area contributed by atoms with E-state index in [1.807, 2.05) is 65.8 Å². The summed E-state index contributed by atoms with van der Waals surface area (Å²) in [6.45, 7) is 13.8. The van der Waals surface area contributed by atoms with Crippen molar-refractivity contribution in [3.05, 3.63) is 74.8 Å². The summed E-state index contributed by atoms with van der Waals surface area (Å²) in [5.41, 5.74) is 4.78. The fraction of sp³-hybridized carbons (Fsp3) is 0.469. The van der Waals surface area contributed by atoms with E-state index in [9.17, 15) is 14.4 Å². The molecule has 41 heavy (non-hydrogen) atoms. The molecule has 8 nitrogen and oxygen atoms in total. The van der Waals surface area contributed by atoms with Crippen LogP contribution < -0.4 is 0 Å². The molecular weight excluding hydrogens is 588 g/mol. The number of carbonyl (C=O) groups excluding carboxylic acids is 3. The third kappa shape index (κ3) is 10.2. The lowest BCUT2D eigenvalue weighted by atomic mass is 9.97. The number of hydrogen-bond donors (Lipinski definition) is 0. The summed E-state index contributed by atoms with van der Waals surface area (Å²) in [5, 5.41) is 0. The number of esters is 1. The number of nitrogens with zero attached hydrogens (tertiary/aromatic N) is 2. The van der Waals surface area contributed by atoms with E-state index >= 15 is 0 Å². The Morgan fingerprint density at radius 2 is 1.24 bits per heavy atom. The lowest BCUT2D eigenvalue weighted by Gasteiger charge is -2.31. The molecule has 2 amide bonds. The van der Waals surface area contributed by atoms with Crippen LogP contribution in [0.5, 0.6) is 0 Å². The minimum Gasteiger partial charge on any atom is -0.466 e. The number of fused-ring (bicyclic) bond motifs is 2. The highest BCUT2D eigenvalue weighted by Crippen LogP contribution is 2.25. The van der Waals surface area contributed by atoms with Gasteiger partial charge >= 0.3 is 18.2 Å². The molecule has 0 N–H and O–H groups in total. The van der Waals surface area contributed by atoms with E-state index in [4.69, 9.17) is 9.47 Å². The molecule has 0 saturated carbocycles. The summed E-state index contributed by atoms with van der Waals surface area (Å²) in [6, 6.07) is 12.2. The Morgan fingerprint density at radius 3 is 1.73 bits per heavy atom. The highest BCUT2D eigenvalue weighted by atomic mass is 79.9. The molecule has 0 fully saturated rings. The minimum absolute atomic E-state index is 0.229. The Kier molecular flexibility index (Phi) is 10.6. The molecular formula is C32H41BrN2O6. The summed E-state index contributed by atoms with van der Waals surface area (Å²) >= 11 is 3.46. The number of rotatable bonds is 2. The second-order valence-electron chi connectivity index (χ2n) is 12.1. The lowest BCUT2D eigenvalue weighted by Crippen LogP contribution is -2.39. The Hall–Kier alpha value is -3.33. The van der Waals surface area contributed by atoms with Gasteiger partial charge in [-0.15, -0.1) is 0 Å². The first-order valence-electron chi connectivity index (χ1n) is 13.7. The van der Waals surface area contributed by atoms with Crippen molar-refractivity contribution in [2.24, 2.45) is 0 Å². The summed E-state index contributed by atoms with van der Waals surface area (Å²) in [7, 11) is 1.35. The number of halogens is 1. The highest BCUT2D eigenvalue weighted by molar-refractivity contribution is 9.10. The van der Waals surface area contributed by atoms with Crippen molar-refractivity contribution in [2.45, 2.75) is 78.7 Å². The predicted molar refractivity (Wildman–Crippen MR) is 162 cm³/mol. The van der Waals surface area contributed by atoms with Gasteiger partial charge in [-0.05, 0) is 106 Å². The van der Waals surface area contributed by atoms with Crippen LogP contribution >= 0.6 is 15.9 Å². The summed E-state index contributed by atoms with van der Waals surface area (Å²) in [5.74, 6) is -0.391. The van der Waals surface area contributed by atoms with Gasteiger partial charge in [0.05, 0.1) is 7.11 Å². The first-order valence-corrected chi connectivity index (χ1v) is 14.5. The van der Waals surface area contributed by atoms with Gasteiger partial charge in [0, 0.05) is 36.7 Å². The molecule has 0 radical (unpaired) electrons. The topological polar surface area (TPSA) is 85.4 Å². The van der Waals surface area contributed by atoms with Crippen LogP contribution in [0, 0.1) is 0 Å². The van der Waals surface area contributed by atoms with Gasteiger partial charge in [-0.1, -0.05) is 34.1 Å². The Bertz CT molecular complexity index is 1290. The van der Waals surface area contributed by atoms with Crippen molar-refractivity contribution in [1.29, 1.82) is 0 Å². The van der Waals surface area contributed by atoms with Gasteiger partial charge in [0.2, 0.25) is 0 Å². The van der Waals surface area contributed by atoms with Crippen LogP contribution in [0.1, 0.15) is 69.4 Å². The van der Waals surface area contributed by atoms with Crippen molar-refractivity contribution in [2.75, 3.05) is 20.2 Å². The normalized spacial score (nSPS) is 14.8. The van der Waals surface area contributed by atoms with E-state index in [0.717, 1.165) is 35.0 Å². The molecule has 222 valence electrons. The van der Waals surface area contributed by atoms with Crippen LogP contribution in [0.15, 0.2) is 46.9 Å². The Labute approximate surface area is 251 Å². The third-order valence-corrected chi connectivity index (χ3v) is 6.83. The van der Waals surface area contributed by atoms with Crippen molar-refractivity contribution in [3.8, 4) is 0 Å². The van der Waals surface area contributed by atoms with Gasteiger partial charge in [0.1, 0.15) is 11.2 Å². The number of carbonyl (C=O) groups is 3. The van der Waals surface area contributed by atoms with Crippen LogP contribution in [0.2, 0.25) is 0 Å². The zero-order chi connectivity index (χ0) is 30.4. The molecule has 9 heteroatoms. The number of benzene rings is 2. The highest BCUT2D eigenvalue weighted by Gasteiger charge is 2.27. The predicted octanol–water partition coefficient (Wildman–Crippen LogP) is 6.91. The molecule has 2 aromatic carbocycles. The summed E-state index contributed by atoms with van der Waals surface area (Å²) in [6.07, 6.45) is 4.26. The number of amides is 2. The van der Waals surface area contributed by atoms with Gasteiger partial charge in [0.15, 0.2) is 0 Å². The van der Waals surface area contributed by atoms with E-state index in [1.54, 1.807) is 15.9 Å².